The van der Waals surface area contributed by atoms with Crippen LogP contribution in [0.2, 0.25) is 0 Å². The molecule has 1 saturated heterocycles. The lowest BCUT2D eigenvalue weighted by Crippen LogP contribution is -2.37. The van der Waals surface area contributed by atoms with Gasteiger partial charge in [0.15, 0.2) is 0 Å². The predicted molar refractivity (Wildman–Crippen MR) is 117 cm³/mol. The van der Waals surface area contributed by atoms with E-state index >= 15 is 0 Å². The molecule has 1 unspecified atom stereocenters. The fraction of sp³-hybridized carbons (Fsp3) is 0.375. The number of piperidine rings is 1. The van der Waals surface area contributed by atoms with Gasteiger partial charge in [-0.25, -0.2) is 4.68 Å². The Labute approximate surface area is 177 Å². The lowest BCUT2D eigenvalue weighted by Gasteiger charge is -2.33. The van der Waals surface area contributed by atoms with Crippen LogP contribution in [0.5, 0.6) is 0 Å². The molecule has 0 saturated carbocycles. The number of likely N-dealkylation sites (tertiary alicyclic amines) is 1. The van der Waals surface area contributed by atoms with E-state index in [-0.39, 0.29) is 5.91 Å². The molecule has 1 atom stereocenters. The maximum Gasteiger partial charge on any atom is 0.251 e. The maximum atomic E-state index is 13.0. The molecule has 1 aliphatic rings. The van der Waals surface area contributed by atoms with Crippen molar-refractivity contribution in [3.8, 4) is 0 Å². The van der Waals surface area contributed by atoms with Gasteiger partial charge >= 0.3 is 0 Å². The van der Waals surface area contributed by atoms with Gasteiger partial charge in [0.05, 0.1) is 12.7 Å². The molecule has 30 heavy (non-hydrogen) atoms. The number of rotatable bonds is 7. The topological polar surface area (TPSA) is 63.1 Å². The molecule has 0 radical (unpaired) electrons. The molecule has 156 valence electrons. The third-order valence-corrected chi connectivity index (χ3v) is 5.94. The Bertz CT molecular complexity index is 969. The van der Waals surface area contributed by atoms with Crippen molar-refractivity contribution in [2.24, 2.45) is 0 Å². The Balaban J connectivity index is 1.44. The van der Waals surface area contributed by atoms with Crippen LogP contribution in [0.3, 0.4) is 0 Å². The summed E-state index contributed by atoms with van der Waals surface area (Å²) in [6, 6.07) is 16.7. The molecular weight excluding hydrogens is 374 g/mol. The smallest absolute Gasteiger partial charge is 0.251 e. The van der Waals surface area contributed by atoms with Gasteiger partial charge in [-0.2, -0.15) is 0 Å². The second kappa shape index (κ2) is 9.67. The number of aromatic nitrogens is 3. The molecule has 4 rings (SSSR count). The lowest BCUT2D eigenvalue weighted by molar-refractivity contribution is 0.0949. The first kappa shape index (κ1) is 20.3. The first-order valence-corrected chi connectivity index (χ1v) is 10.7. The molecule has 1 N–H and O–H groups in total. The molecule has 0 bridgehead atoms. The highest BCUT2D eigenvalue weighted by atomic mass is 16.1. The van der Waals surface area contributed by atoms with Crippen molar-refractivity contribution in [2.75, 3.05) is 6.54 Å². The molecule has 1 aromatic heterocycles. The molecule has 1 aliphatic heterocycles. The first-order chi connectivity index (χ1) is 14.7. The highest BCUT2D eigenvalue weighted by Gasteiger charge is 2.19. The lowest BCUT2D eigenvalue weighted by atomic mass is 10.0. The number of hydrogen-bond acceptors (Lipinski definition) is 4. The zero-order valence-electron chi connectivity index (χ0n) is 17.5. The summed E-state index contributed by atoms with van der Waals surface area (Å²) in [5.74, 6) is -0.0631. The molecule has 0 spiro atoms. The van der Waals surface area contributed by atoms with Crippen LogP contribution < -0.4 is 5.32 Å². The summed E-state index contributed by atoms with van der Waals surface area (Å²) >= 11 is 0. The normalized spacial score (nSPS) is 17.0. The van der Waals surface area contributed by atoms with E-state index < -0.39 is 0 Å². The van der Waals surface area contributed by atoms with Crippen LogP contribution in [-0.2, 0) is 19.6 Å². The average Bonchev–Trinajstić information content (AvgIpc) is 3.28. The SMILES string of the molecule is CC1CCCCN1Cc1ccccc1CNC(=O)c1ccccc1Cn1ccnn1. The number of nitrogens with zero attached hydrogens (tertiary/aromatic N) is 4. The summed E-state index contributed by atoms with van der Waals surface area (Å²) in [5.41, 5.74) is 4.07. The molecular formula is C24H29N5O. The van der Waals surface area contributed by atoms with E-state index in [1.54, 1.807) is 17.1 Å². The van der Waals surface area contributed by atoms with Crippen molar-refractivity contribution in [3.63, 3.8) is 0 Å². The molecule has 2 aromatic carbocycles. The Kier molecular flexibility index (Phi) is 6.54. The molecule has 3 aromatic rings. The molecule has 2 heterocycles. The highest BCUT2D eigenvalue weighted by molar-refractivity contribution is 5.95. The Morgan fingerprint density at radius 1 is 1.03 bits per heavy atom. The Morgan fingerprint density at radius 3 is 2.57 bits per heavy atom. The quantitative estimate of drug-likeness (QED) is 0.654. The monoisotopic (exact) mass is 403 g/mol. The van der Waals surface area contributed by atoms with E-state index in [2.05, 4.69) is 45.7 Å². The van der Waals surface area contributed by atoms with Crippen molar-refractivity contribution in [2.45, 2.75) is 51.9 Å². The minimum absolute atomic E-state index is 0.0631. The molecule has 6 heteroatoms. The highest BCUT2D eigenvalue weighted by Crippen LogP contribution is 2.21. The van der Waals surface area contributed by atoms with Gasteiger partial charge in [0.25, 0.3) is 5.91 Å². The van der Waals surface area contributed by atoms with E-state index in [0.29, 0.717) is 24.7 Å². The second-order valence-electron chi connectivity index (χ2n) is 8.02. The summed E-state index contributed by atoms with van der Waals surface area (Å²) in [7, 11) is 0. The number of nitrogens with one attached hydrogen (secondary N) is 1. The fourth-order valence-corrected chi connectivity index (χ4v) is 4.14. The van der Waals surface area contributed by atoms with Crippen LogP contribution in [-0.4, -0.2) is 38.4 Å². The van der Waals surface area contributed by atoms with Crippen LogP contribution in [0.4, 0.5) is 0 Å². The first-order valence-electron chi connectivity index (χ1n) is 10.7. The van der Waals surface area contributed by atoms with Crippen LogP contribution >= 0.6 is 0 Å². The van der Waals surface area contributed by atoms with Crippen molar-refractivity contribution in [3.05, 3.63) is 83.2 Å². The largest absolute Gasteiger partial charge is 0.348 e. The summed E-state index contributed by atoms with van der Waals surface area (Å²) in [6.07, 6.45) is 7.30. The van der Waals surface area contributed by atoms with Gasteiger partial charge in [-0.05, 0) is 49.1 Å². The number of amides is 1. The third kappa shape index (κ3) is 4.94. The predicted octanol–water partition coefficient (Wildman–Crippen LogP) is 3.63. The van der Waals surface area contributed by atoms with Crippen molar-refractivity contribution >= 4 is 5.91 Å². The number of carbonyl (C=O) groups is 1. The van der Waals surface area contributed by atoms with E-state index in [9.17, 15) is 4.79 Å². The van der Waals surface area contributed by atoms with E-state index in [1.807, 2.05) is 30.3 Å². The minimum atomic E-state index is -0.0631. The molecule has 0 aliphatic carbocycles. The van der Waals surface area contributed by atoms with Crippen LogP contribution in [0.1, 0.15) is 53.2 Å². The van der Waals surface area contributed by atoms with E-state index in [4.69, 9.17) is 0 Å². The Morgan fingerprint density at radius 2 is 1.80 bits per heavy atom. The van der Waals surface area contributed by atoms with E-state index in [0.717, 1.165) is 18.7 Å². The van der Waals surface area contributed by atoms with Crippen LogP contribution in [0.25, 0.3) is 0 Å². The summed E-state index contributed by atoms with van der Waals surface area (Å²) in [6.45, 7) is 5.45. The summed E-state index contributed by atoms with van der Waals surface area (Å²) in [5, 5.41) is 11.0. The Hall–Kier alpha value is -2.99. The van der Waals surface area contributed by atoms with Gasteiger partial charge < -0.3 is 5.32 Å². The van der Waals surface area contributed by atoms with Gasteiger partial charge in [0, 0.05) is 30.9 Å². The maximum absolute atomic E-state index is 13.0. The summed E-state index contributed by atoms with van der Waals surface area (Å²) in [4.78, 5) is 15.5. The fourth-order valence-electron chi connectivity index (χ4n) is 4.14. The van der Waals surface area contributed by atoms with Crippen molar-refractivity contribution < 1.29 is 4.79 Å². The van der Waals surface area contributed by atoms with E-state index in [1.165, 1.54) is 30.4 Å². The molecule has 1 fully saturated rings. The standard InChI is InChI=1S/C24H29N5O/c1-19-8-6-7-14-28(19)17-21-10-3-2-9-20(21)16-25-24(30)23-12-5-4-11-22(23)18-29-15-13-26-27-29/h2-5,9-13,15,19H,6-8,14,16-18H2,1H3,(H,25,30). The average molecular weight is 404 g/mol. The minimum Gasteiger partial charge on any atom is -0.348 e. The van der Waals surface area contributed by atoms with Gasteiger partial charge in [-0.3, -0.25) is 9.69 Å². The van der Waals surface area contributed by atoms with Crippen molar-refractivity contribution in [1.82, 2.24) is 25.2 Å². The van der Waals surface area contributed by atoms with Crippen molar-refractivity contribution in [1.29, 1.82) is 0 Å². The van der Waals surface area contributed by atoms with Gasteiger partial charge in [0.2, 0.25) is 0 Å². The zero-order valence-corrected chi connectivity index (χ0v) is 17.5. The molecule has 6 nitrogen and oxygen atoms in total. The molecule has 1 amide bonds. The van der Waals surface area contributed by atoms with Gasteiger partial charge in [0.1, 0.15) is 0 Å². The number of benzene rings is 2. The summed E-state index contributed by atoms with van der Waals surface area (Å²) < 4.78 is 1.72. The van der Waals surface area contributed by atoms with Crippen LogP contribution in [0.15, 0.2) is 60.9 Å². The van der Waals surface area contributed by atoms with Crippen LogP contribution in [0, 0.1) is 0 Å². The zero-order chi connectivity index (χ0) is 20.8. The third-order valence-electron chi connectivity index (χ3n) is 5.94. The number of carbonyl (C=O) groups excluding carboxylic acids is 1. The second-order valence-corrected chi connectivity index (χ2v) is 8.02. The van der Waals surface area contributed by atoms with Gasteiger partial charge in [-0.15, -0.1) is 5.10 Å². The van der Waals surface area contributed by atoms with Gasteiger partial charge in [-0.1, -0.05) is 54.1 Å². The number of hydrogen-bond donors (Lipinski definition) is 1.